The summed E-state index contributed by atoms with van der Waals surface area (Å²) in [5.74, 6) is 0.934. The Kier molecular flexibility index (Phi) is 7.89. The first-order valence-corrected chi connectivity index (χ1v) is 9.14. The highest BCUT2D eigenvalue weighted by Crippen LogP contribution is 2.19. The molecule has 4 heteroatoms. The molecule has 2 aromatic rings. The molecule has 1 aromatic carbocycles. The number of benzene rings is 1. The molecule has 25 heavy (non-hydrogen) atoms. The number of ether oxygens (including phenoxy) is 1. The van der Waals surface area contributed by atoms with Gasteiger partial charge in [-0.05, 0) is 39.8 Å². The predicted octanol–water partition coefficient (Wildman–Crippen LogP) is 3.87. The fourth-order valence-electron chi connectivity index (χ4n) is 2.98. The molecule has 0 aliphatic heterocycles. The minimum absolute atomic E-state index is 0.541. The van der Waals surface area contributed by atoms with Crippen LogP contribution in [0.25, 0.3) is 0 Å². The van der Waals surface area contributed by atoms with Crippen molar-refractivity contribution in [2.45, 2.75) is 52.9 Å². The summed E-state index contributed by atoms with van der Waals surface area (Å²) < 4.78 is 5.99. The van der Waals surface area contributed by atoms with Crippen LogP contribution in [0.2, 0.25) is 0 Å². The number of hydrogen-bond acceptors (Lipinski definition) is 4. The summed E-state index contributed by atoms with van der Waals surface area (Å²) in [4.78, 5) is 6.63. The molecule has 0 spiro atoms. The van der Waals surface area contributed by atoms with Gasteiger partial charge in [-0.1, -0.05) is 24.3 Å². The van der Waals surface area contributed by atoms with E-state index in [1.807, 2.05) is 30.5 Å². The van der Waals surface area contributed by atoms with E-state index in [1.165, 1.54) is 5.56 Å². The Morgan fingerprint density at radius 2 is 1.80 bits per heavy atom. The smallest absolute Gasteiger partial charge is 0.124 e. The van der Waals surface area contributed by atoms with E-state index in [9.17, 15) is 0 Å². The molecule has 0 aliphatic carbocycles. The monoisotopic (exact) mass is 341 g/mol. The van der Waals surface area contributed by atoms with Crippen LogP contribution in [0, 0.1) is 0 Å². The van der Waals surface area contributed by atoms with Crippen LogP contribution in [-0.4, -0.2) is 35.1 Å². The SMILES string of the molecule is CC(C)N(CCNCc1ccccc1OCc1cccnc1)C(C)C. The third kappa shape index (κ3) is 6.48. The van der Waals surface area contributed by atoms with E-state index >= 15 is 0 Å². The quantitative estimate of drug-likeness (QED) is 0.666. The molecule has 4 nitrogen and oxygen atoms in total. The lowest BCUT2D eigenvalue weighted by molar-refractivity contribution is 0.175. The fourth-order valence-corrected chi connectivity index (χ4v) is 2.98. The average Bonchev–Trinajstić information content (AvgIpc) is 2.61. The summed E-state index contributed by atoms with van der Waals surface area (Å²) >= 11 is 0. The molecule has 1 aromatic heterocycles. The summed E-state index contributed by atoms with van der Waals surface area (Å²) in [5, 5.41) is 3.55. The Morgan fingerprint density at radius 1 is 1.04 bits per heavy atom. The van der Waals surface area contributed by atoms with Crippen molar-refractivity contribution in [1.29, 1.82) is 0 Å². The van der Waals surface area contributed by atoms with E-state index in [0.29, 0.717) is 18.7 Å². The van der Waals surface area contributed by atoms with Crippen molar-refractivity contribution >= 4 is 0 Å². The van der Waals surface area contributed by atoms with E-state index in [0.717, 1.165) is 30.9 Å². The van der Waals surface area contributed by atoms with E-state index in [4.69, 9.17) is 4.74 Å². The molecule has 0 unspecified atom stereocenters. The second-order valence-corrected chi connectivity index (χ2v) is 6.86. The van der Waals surface area contributed by atoms with Crippen LogP contribution >= 0.6 is 0 Å². The first-order valence-electron chi connectivity index (χ1n) is 9.14. The number of para-hydroxylation sites is 1. The van der Waals surface area contributed by atoms with Gasteiger partial charge in [-0.25, -0.2) is 0 Å². The number of hydrogen-bond donors (Lipinski definition) is 1. The van der Waals surface area contributed by atoms with Crippen LogP contribution < -0.4 is 10.1 Å². The average molecular weight is 341 g/mol. The second-order valence-electron chi connectivity index (χ2n) is 6.86. The van der Waals surface area contributed by atoms with Gasteiger partial charge in [-0.3, -0.25) is 9.88 Å². The van der Waals surface area contributed by atoms with Gasteiger partial charge >= 0.3 is 0 Å². The minimum atomic E-state index is 0.541. The van der Waals surface area contributed by atoms with Crippen LogP contribution in [0.15, 0.2) is 48.8 Å². The highest BCUT2D eigenvalue weighted by Gasteiger charge is 2.12. The zero-order valence-corrected chi connectivity index (χ0v) is 15.9. The Labute approximate surface area is 152 Å². The summed E-state index contributed by atoms with van der Waals surface area (Å²) in [7, 11) is 0. The first kappa shape index (κ1) is 19.4. The maximum atomic E-state index is 5.99. The van der Waals surface area contributed by atoms with Gasteiger partial charge in [0.15, 0.2) is 0 Å². The molecule has 136 valence electrons. The molecule has 1 heterocycles. The molecule has 0 radical (unpaired) electrons. The first-order chi connectivity index (χ1) is 12.1. The van der Waals surface area contributed by atoms with Crippen LogP contribution in [0.1, 0.15) is 38.8 Å². The number of nitrogens with one attached hydrogen (secondary N) is 1. The predicted molar refractivity (Wildman–Crippen MR) is 104 cm³/mol. The van der Waals surface area contributed by atoms with Gasteiger partial charge in [0.2, 0.25) is 0 Å². The zero-order chi connectivity index (χ0) is 18.1. The molecule has 0 bridgehead atoms. The van der Waals surface area contributed by atoms with Gasteiger partial charge in [0.25, 0.3) is 0 Å². The number of pyridine rings is 1. The zero-order valence-electron chi connectivity index (χ0n) is 15.9. The molecular formula is C21H31N3O. The highest BCUT2D eigenvalue weighted by molar-refractivity contribution is 5.33. The van der Waals surface area contributed by atoms with Crippen LogP contribution in [0.4, 0.5) is 0 Å². The van der Waals surface area contributed by atoms with Gasteiger partial charge in [-0.2, -0.15) is 0 Å². The van der Waals surface area contributed by atoms with Gasteiger partial charge in [0.05, 0.1) is 0 Å². The summed E-state index contributed by atoms with van der Waals surface area (Å²) in [5.41, 5.74) is 2.27. The van der Waals surface area contributed by atoms with E-state index in [2.05, 4.69) is 55.0 Å². The highest BCUT2D eigenvalue weighted by atomic mass is 16.5. The Hall–Kier alpha value is -1.91. The maximum Gasteiger partial charge on any atom is 0.124 e. The Bertz CT molecular complexity index is 606. The van der Waals surface area contributed by atoms with Gasteiger partial charge in [0, 0.05) is 55.2 Å². The normalized spacial score (nSPS) is 11.5. The van der Waals surface area contributed by atoms with Crippen LogP contribution in [0.5, 0.6) is 5.75 Å². The summed E-state index contributed by atoms with van der Waals surface area (Å²) in [6.07, 6.45) is 3.62. The van der Waals surface area contributed by atoms with E-state index in [1.54, 1.807) is 6.20 Å². The summed E-state index contributed by atoms with van der Waals surface area (Å²) in [6, 6.07) is 13.3. The number of aromatic nitrogens is 1. The molecule has 2 rings (SSSR count). The number of rotatable bonds is 10. The van der Waals surface area contributed by atoms with Crippen molar-refractivity contribution in [2.24, 2.45) is 0 Å². The molecule has 0 aliphatic rings. The molecule has 0 saturated carbocycles. The lowest BCUT2D eigenvalue weighted by Gasteiger charge is -2.30. The van der Waals surface area contributed by atoms with Gasteiger partial charge < -0.3 is 10.1 Å². The van der Waals surface area contributed by atoms with Gasteiger partial charge in [0.1, 0.15) is 12.4 Å². The van der Waals surface area contributed by atoms with Crippen molar-refractivity contribution in [3.63, 3.8) is 0 Å². The molecular weight excluding hydrogens is 310 g/mol. The molecule has 0 atom stereocenters. The van der Waals surface area contributed by atoms with Gasteiger partial charge in [-0.15, -0.1) is 0 Å². The van der Waals surface area contributed by atoms with Crippen molar-refractivity contribution in [2.75, 3.05) is 13.1 Å². The van der Waals surface area contributed by atoms with Crippen molar-refractivity contribution in [3.05, 3.63) is 59.9 Å². The summed E-state index contributed by atoms with van der Waals surface area (Å²) in [6.45, 7) is 12.4. The Morgan fingerprint density at radius 3 is 2.48 bits per heavy atom. The topological polar surface area (TPSA) is 37.4 Å². The second kappa shape index (κ2) is 10.2. The van der Waals surface area contributed by atoms with E-state index in [-0.39, 0.29) is 0 Å². The van der Waals surface area contributed by atoms with Crippen LogP contribution in [-0.2, 0) is 13.2 Å². The number of nitrogens with zero attached hydrogens (tertiary/aromatic N) is 2. The van der Waals surface area contributed by atoms with Crippen LogP contribution in [0.3, 0.4) is 0 Å². The van der Waals surface area contributed by atoms with E-state index < -0.39 is 0 Å². The Balaban J connectivity index is 1.84. The molecule has 0 amide bonds. The van der Waals surface area contributed by atoms with Crippen molar-refractivity contribution < 1.29 is 4.74 Å². The molecule has 0 saturated heterocycles. The standard InChI is InChI=1S/C21H31N3O/c1-17(2)24(18(3)4)13-12-23-15-20-9-5-6-10-21(20)25-16-19-8-7-11-22-14-19/h5-11,14,17-18,23H,12-13,15-16H2,1-4H3. The largest absolute Gasteiger partial charge is 0.489 e. The molecule has 1 N–H and O–H groups in total. The minimum Gasteiger partial charge on any atom is -0.489 e. The molecule has 0 fully saturated rings. The lowest BCUT2D eigenvalue weighted by Crippen LogP contribution is -2.41. The lowest BCUT2D eigenvalue weighted by atomic mass is 10.2. The van der Waals surface area contributed by atoms with Crippen molar-refractivity contribution in [3.8, 4) is 5.75 Å². The maximum absolute atomic E-state index is 5.99. The third-order valence-electron chi connectivity index (χ3n) is 4.28. The van der Waals surface area contributed by atoms with Crippen molar-refractivity contribution in [1.82, 2.24) is 15.2 Å². The third-order valence-corrected chi connectivity index (χ3v) is 4.28. The fraction of sp³-hybridized carbons (Fsp3) is 0.476.